The second-order valence-corrected chi connectivity index (χ2v) is 7.85. The van der Waals surface area contributed by atoms with Gasteiger partial charge < -0.3 is 10.1 Å². The first-order valence-corrected chi connectivity index (χ1v) is 9.87. The first-order valence-electron chi connectivity index (χ1n) is 8.02. The summed E-state index contributed by atoms with van der Waals surface area (Å²) in [5, 5.41) is 2.25. The van der Waals surface area contributed by atoms with Gasteiger partial charge in [0.1, 0.15) is 17.4 Å². The maximum absolute atomic E-state index is 13.6. The number of carbonyl (C=O) groups is 1. The molecule has 0 saturated heterocycles. The number of rotatable bonds is 8. The van der Waals surface area contributed by atoms with E-state index < -0.39 is 34.1 Å². The molecule has 2 aromatic carbocycles. The Bertz CT molecular complexity index is 902. The van der Waals surface area contributed by atoms with Gasteiger partial charge in [-0.15, -0.1) is 0 Å². The minimum atomic E-state index is -3.66. The first-order chi connectivity index (χ1) is 12.7. The van der Waals surface area contributed by atoms with Crippen LogP contribution in [0.3, 0.4) is 0 Å². The lowest BCUT2D eigenvalue weighted by Gasteiger charge is -2.19. The molecule has 9 heteroatoms. The molecule has 0 aliphatic carbocycles. The van der Waals surface area contributed by atoms with Gasteiger partial charge in [0.25, 0.3) is 0 Å². The van der Waals surface area contributed by atoms with Crippen molar-refractivity contribution in [3.63, 3.8) is 0 Å². The molecule has 27 heavy (non-hydrogen) atoms. The van der Waals surface area contributed by atoms with Crippen LogP contribution in [0.15, 0.2) is 42.5 Å². The SMILES string of the molecule is COc1ccc(CCN(CC(=O)Nc2ccc(F)cc2F)S(C)(=O)=O)cc1. The summed E-state index contributed by atoms with van der Waals surface area (Å²) < 4.78 is 56.5. The summed E-state index contributed by atoms with van der Waals surface area (Å²) in [5.74, 6) is -1.75. The van der Waals surface area contributed by atoms with Crippen LogP contribution < -0.4 is 10.1 Å². The zero-order valence-corrected chi connectivity index (χ0v) is 15.7. The number of amides is 1. The third-order valence-electron chi connectivity index (χ3n) is 3.80. The molecule has 0 unspecified atom stereocenters. The standard InChI is InChI=1S/C18H20F2N2O4S/c1-26-15-6-3-13(4-7-15)9-10-22(27(2,24)25)12-18(23)21-17-8-5-14(19)11-16(17)20/h3-8,11H,9-10,12H2,1-2H3,(H,21,23). The number of benzene rings is 2. The van der Waals surface area contributed by atoms with Crippen molar-refractivity contribution in [1.82, 2.24) is 4.31 Å². The summed E-state index contributed by atoms with van der Waals surface area (Å²) in [6.07, 6.45) is 1.38. The number of hydrogen-bond acceptors (Lipinski definition) is 4. The summed E-state index contributed by atoms with van der Waals surface area (Å²) in [4.78, 5) is 12.1. The van der Waals surface area contributed by atoms with Crippen molar-refractivity contribution in [3.8, 4) is 5.75 Å². The maximum atomic E-state index is 13.6. The van der Waals surface area contributed by atoms with Gasteiger partial charge in [0.05, 0.1) is 25.6 Å². The molecule has 0 saturated carbocycles. The number of methoxy groups -OCH3 is 1. The average molecular weight is 398 g/mol. The number of nitrogens with one attached hydrogen (secondary N) is 1. The molecule has 0 bridgehead atoms. The lowest BCUT2D eigenvalue weighted by atomic mass is 10.1. The van der Waals surface area contributed by atoms with Crippen molar-refractivity contribution in [2.75, 3.05) is 31.8 Å². The number of nitrogens with zero attached hydrogens (tertiary/aromatic N) is 1. The number of anilines is 1. The molecule has 0 aliphatic rings. The summed E-state index contributed by atoms with van der Waals surface area (Å²) in [7, 11) is -2.11. The van der Waals surface area contributed by atoms with Crippen LogP contribution in [0.2, 0.25) is 0 Å². The fourth-order valence-electron chi connectivity index (χ4n) is 2.35. The van der Waals surface area contributed by atoms with Gasteiger partial charge >= 0.3 is 0 Å². The van der Waals surface area contributed by atoms with Gasteiger partial charge in [-0.1, -0.05) is 12.1 Å². The van der Waals surface area contributed by atoms with E-state index in [-0.39, 0.29) is 12.2 Å². The van der Waals surface area contributed by atoms with E-state index in [1.54, 1.807) is 31.4 Å². The Morgan fingerprint density at radius 3 is 2.37 bits per heavy atom. The molecule has 2 rings (SSSR count). The van der Waals surface area contributed by atoms with Crippen molar-refractivity contribution >= 4 is 21.6 Å². The number of sulfonamides is 1. The highest BCUT2D eigenvalue weighted by atomic mass is 32.2. The highest BCUT2D eigenvalue weighted by molar-refractivity contribution is 7.88. The fraction of sp³-hybridized carbons (Fsp3) is 0.278. The van der Waals surface area contributed by atoms with Crippen LogP contribution in [0.5, 0.6) is 5.75 Å². The van der Waals surface area contributed by atoms with E-state index in [1.807, 2.05) is 0 Å². The van der Waals surface area contributed by atoms with E-state index in [2.05, 4.69) is 5.32 Å². The number of halogens is 2. The average Bonchev–Trinajstić information content (AvgIpc) is 2.60. The Balaban J connectivity index is 2.01. The minimum Gasteiger partial charge on any atom is -0.497 e. The van der Waals surface area contributed by atoms with Crippen molar-refractivity contribution in [3.05, 3.63) is 59.7 Å². The van der Waals surface area contributed by atoms with Crippen molar-refractivity contribution < 1.29 is 26.7 Å². The van der Waals surface area contributed by atoms with Crippen molar-refractivity contribution in [2.45, 2.75) is 6.42 Å². The topological polar surface area (TPSA) is 75.7 Å². The Morgan fingerprint density at radius 2 is 1.81 bits per heavy atom. The summed E-state index contributed by atoms with van der Waals surface area (Å²) in [5.41, 5.74) is 0.652. The van der Waals surface area contributed by atoms with Crippen molar-refractivity contribution in [2.24, 2.45) is 0 Å². The Kier molecular flexibility index (Phi) is 6.86. The molecule has 0 aliphatic heterocycles. The van der Waals surface area contributed by atoms with Crippen molar-refractivity contribution in [1.29, 1.82) is 0 Å². The molecule has 146 valence electrons. The van der Waals surface area contributed by atoms with Gasteiger partial charge in [0, 0.05) is 12.6 Å². The highest BCUT2D eigenvalue weighted by Crippen LogP contribution is 2.16. The van der Waals surface area contributed by atoms with E-state index in [0.29, 0.717) is 18.2 Å². The van der Waals surface area contributed by atoms with E-state index in [0.717, 1.165) is 28.3 Å². The van der Waals surface area contributed by atoms with Crippen LogP contribution in [0, 0.1) is 11.6 Å². The third-order valence-corrected chi connectivity index (χ3v) is 5.05. The van der Waals surface area contributed by atoms with E-state index >= 15 is 0 Å². The molecule has 0 radical (unpaired) electrons. The summed E-state index contributed by atoms with van der Waals surface area (Å²) in [6, 6.07) is 9.81. The van der Waals surface area contributed by atoms with E-state index in [9.17, 15) is 22.0 Å². The van der Waals surface area contributed by atoms with Crippen LogP contribution in [0.1, 0.15) is 5.56 Å². The number of hydrogen-bond donors (Lipinski definition) is 1. The Labute approximate surface area is 156 Å². The fourth-order valence-corrected chi connectivity index (χ4v) is 3.12. The second kappa shape index (κ2) is 8.92. The molecular formula is C18H20F2N2O4S. The quantitative estimate of drug-likeness (QED) is 0.741. The van der Waals surface area contributed by atoms with Gasteiger partial charge in [-0.2, -0.15) is 4.31 Å². The van der Waals surface area contributed by atoms with Crippen LogP contribution in [-0.4, -0.2) is 45.1 Å². The first kappa shape index (κ1) is 20.8. The van der Waals surface area contributed by atoms with Crippen LogP contribution in [0.25, 0.3) is 0 Å². The van der Waals surface area contributed by atoms with Gasteiger partial charge in [0.15, 0.2) is 0 Å². The molecule has 0 aromatic heterocycles. The van der Waals surface area contributed by atoms with Gasteiger partial charge in [-0.25, -0.2) is 17.2 Å². The van der Waals surface area contributed by atoms with Gasteiger partial charge in [0.2, 0.25) is 15.9 Å². The maximum Gasteiger partial charge on any atom is 0.239 e. The lowest BCUT2D eigenvalue weighted by Crippen LogP contribution is -2.38. The molecule has 0 heterocycles. The molecular weight excluding hydrogens is 378 g/mol. The predicted molar refractivity (Wildman–Crippen MR) is 98.1 cm³/mol. The molecule has 0 atom stereocenters. The van der Waals surface area contributed by atoms with E-state index in [1.165, 1.54) is 0 Å². The van der Waals surface area contributed by atoms with E-state index in [4.69, 9.17) is 4.74 Å². The van der Waals surface area contributed by atoms with Crippen LogP contribution in [0.4, 0.5) is 14.5 Å². The monoisotopic (exact) mass is 398 g/mol. The number of ether oxygens (including phenoxy) is 1. The van der Waals surface area contributed by atoms with Gasteiger partial charge in [-0.3, -0.25) is 4.79 Å². The van der Waals surface area contributed by atoms with Crippen LogP contribution >= 0.6 is 0 Å². The summed E-state index contributed by atoms with van der Waals surface area (Å²) in [6.45, 7) is -0.406. The lowest BCUT2D eigenvalue weighted by molar-refractivity contribution is -0.116. The smallest absolute Gasteiger partial charge is 0.239 e. The molecule has 6 nitrogen and oxygen atoms in total. The minimum absolute atomic E-state index is 0.0739. The van der Waals surface area contributed by atoms with Gasteiger partial charge in [-0.05, 0) is 36.2 Å². The van der Waals surface area contributed by atoms with Crippen LogP contribution in [-0.2, 0) is 21.2 Å². The highest BCUT2D eigenvalue weighted by Gasteiger charge is 2.20. The molecule has 0 fully saturated rings. The molecule has 2 aromatic rings. The molecule has 1 N–H and O–H groups in total. The predicted octanol–water partition coefficient (Wildman–Crippen LogP) is 2.42. The Morgan fingerprint density at radius 1 is 1.15 bits per heavy atom. The zero-order chi connectivity index (χ0) is 20.0. The normalized spacial score (nSPS) is 11.4. The molecule has 1 amide bonds. The zero-order valence-electron chi connectivity index (χ0n) is 14.9. The molecule has 0 spiro atoms. The Hall–Kier alpha value is -2.52. The largest absolute Gasteiger partial charge is 0.497 e. The third kappa shape index (κ3) is 6.30. The second-order valence-electron chi connectivity index (χ2n) is 5.87. The summed E-state index contributed by atoms with van der Waals surface area (Å²) >= 11 is 0. The number of carbonyl (C=O) groups excluding carboxylic acids is 1.